The van der Waals surface area contributed by atoms with Crippen LogP contribution in [0.25, 0.3) is 0 Å². The van der Waals surface area contributed by atoms with E-state index in [4.69, 9.17) is 21.4 Å². The van der Waals surface area contributed by atoms with Crippen LogP contribution in [0.2, 0.25) is 5.02 Å². The van der Waals surface area contributed by atoms with E-state index in [0.29, 0.717) is 55.0 Å². The average molecular weight is 554 g/mol. The van der Waals surface area contributed by atoms with E-state index in [1.54, 1.807) is 29.2 Å². The average Bonchev–Trinajstić information content (AvgIpc) is 3.54. The molecule has 39 heavy (non-hydrogen) atoms. The van der Waals surface area contributed by atoms with Crippen LogP contribution in [0.5, 0.6) is 0 Å². The van der Waals surface area contributed by atoms with Crippen LogP contribution in [0.3, 0.4) is 0 Å². The van der Waals surface area contributed by atoms with E-state index in [1.807, 2.05) is 37.3 Å². The standard InChI is InChI=1S/C30H36ClN3O5/c1-2-29-16-17-30(39-29)24(23(29)26(36)32-21-10-6-5-7-11-21)28(38)34(18-8-3-4-9-19-35)25(30)27(37)33-22-14-12-20(31)13-15-22/h5-7,10-15,23-25,35H,2-4,8-9,16-19H2,1H3,(H,32,36)(H,33,37)/t23-,24-,25?,29+,30?/m0/s1. The lowest BCUT2D eigenvalue weighted by atomic mass is 9.65. The minimum atomic E-state index is -1.08. The van der Waals surface area contributed by atoms with E-state index in [-0.39, 0.29) is 24.3 Å². The lowest BCUT2D eigenvalue weighted by molar-refractivity contribution is -0.144. The number of rotatable bonds is 11. The van der Waals surface area contributed by atoms with Crippen molar-refractivity contribution in [3.05, 3.63) is 59.6 Å². The highest BCUT2D eigenvalue weighted by Gasteiger charge is 2.78. The van der Waals surface area contributed by atoms with E-state index in [9.17, 15) is 14.4 Å². The molecule has 0 aromatic heterocycles. The molecule has 2 unspecified atom stereocenters. The van der Waals surface area contributed by atoms with Gasteiger partial charge in [0.15, 0.2) is 0 Å². The Morgan fingerprint density at radius 1 is 0.974 bits per heavy atom. The Morgan fingerprint density at radius 2 is 1.64 bits per heavy atom. The molecule has 8 nitrogen and oxygen atoms in total. The van der Waals surface area contributed by atoms with Crippen molar-refractivity contribution in [3.63, 3.8) is 0 Å². The van der Waals surface area contributed by atoms with Gasteiger partial charge in [0.25, 0.3) is 0 Å². The van der Waals surface area contributed by atoms with Crippen molar-refractivity contribution in [2.24, 2.45) is 11.8 Å². The molecule has 9 heteroatoms. The molecule has 2 aromatic carbocycles. The fourth-order valence-corrected chi connectivity index (χ4v) is 7.02. The van der Waals surface area contributed by atoms with Gasteiger partial charge in [-0.2, -0.15) is 0 Å². The summed E-state index contributed by atoms with van der Waals surface area (Å²) in [6.07, 6.45) is 4.76. The molecule has 3 aliphatic heterocycles. The van der Waals surface area contributed by atoms with Gasteiger partial charge in [0, 0.05) is 29.5 Å². The lowest BCUT2D eigenvalue weighted by Gasteiger charge is -2.34. The van der Waals surface area contributed by atoms with E-state index in [1.165, 1.54) is 0 Å². The molecule has 3 amide bonds. The highest BCUT2D eigenvalue weighted by Crippen LogP contribution is 2.64. The molecular formula is C30H36ClN3O5. The zero-order chi connectivity index (χ0) is 27.6. The Bertz CT molecular complexity index is 1210. The van der Waals surface area contributed by atoms with Gasteiger partial charge < -0.3 is 25.4 Å². The number of nitrogens with zero attached hydrogens (tertiary/aromatic N) is 1. The minimum Gasteiger partial charge on any atom is -0.396 e. The number of aliphatic hydroxyl groups is 1. The van der Waals surface area contributed by atoms with Gasteiger partial charge in [-0.25, -0.2) is 0 Å². The molecular weight excluding hydrogens is 518 g/mol. The highest BCUT2D eigenvalue weighted by molar-refractivity contribution is 6.30. The quantitative estimate of drug-likeness (QED) is 0.352. The van der Waals surface area contributed by atoms with Crippen LogP contribution < -0.4 is 10.6 Å². The van der Waals surface area contributed by atoms with Gasteiger partial charge in [0.1, 0.15) is 11.6 Å². The number of likely N-dealkylation sites (tertiary alicyclic amines) is 1. The molecule has 208 valence electrons. The molecule has 3 fully saturated rings. The fourth-order valence-electron chi connectivity index (χ4n) is 6.89. The molecule has 0 radical (unpaired) electrons. The Morgan fingerprint density at radius 3 is 2.33 bits per heavy atom. The third-order valence-electron chi connectivity index (χ3n) is 8.67. The minimum absolute atomic E-state index is 0.130. The lowest BCUT2D eigenvalue weighted by Crippen LogP contribution is -2.53. The van der Waals surface area contributed by atoms with Gasteiger partial charge in [-0.1, -0.05) is 49.6 Å². The first-order valence-corrected chi connectivity index (χ1v) is 14.3. The summed E-state index contributed by atoms with van der Waals surface area (Å²) in [6, 6.07) is 15.2. The van der Waals surface area contributed by atoms with Crippen LogP contribution >= 0.6 is 11.6 Å². The monoisotopic (exact) mass is 553 g/mol. The molecule has 5 rings (SSSR count). The second-order valence-electron chi connectivity index (χ2n) is 10.9. The van der Waals surface area contributed by atoms with Crippen molar-refractivity contribution in [1.29, 1.82) is 0 Å². The third kappa shape index (κ3) is 4.94. The van der Waals surface area contributed by atoms with Gasteiger partial charge >= 0.3 is 0 Å². The number of hydrogen-bond acceptors (Lipinski definition) is 5. The van der Waals surface area contributed by atoms with Gasteiger partial charge in [0.2, 0.25) is 17.7 Å². The number of benzene rings is 2. The summed E-state index contributed by atoms with van der Waals surface area (Å²) in [6.45, 7) is 2.50. The zero-order valence-electron chi connectivity index (χ0n) is 22.2. The second-order valence-corrected chi connectivity index (χ2v) is 11.3. The van der Waals surface area contributed by atoms with Crippen molar-refractivity contribution in [3.8, 4) is 0 Å². The van der Waals surface area contributed by atoms with E-state index in [2.05, 4.69) is 10.6 Å². The number of anilines is 2. The van der Waals surface area contributed by atoms with Gasteiger partial charge in [-0.3, -0.25) is 14.4 Å². The third-order valence-corrected chi connectivity index (χ3v) is 8.92. The maximum absolute atomic E-state index is 14.2. The van der Waals surface area contributed by atoms with E-state index >= 15 is 0 Å². The number of para-hydroxylation sites is 1. The van der Waals surface area contributed by atoms with Crippen LogP contribution in [0, 0.1) is 11.8 Å². The number of aliphatic hydroxyl groups excluding tert-OH is 1. The number of hydrogen-bond donors (Lipinski definition) is 3. The number of carbonyl (C=O) groups excluding carboxylic acids is 3. The van der Waals surface area contributed by atoms with E-state index in [0.717, 1.165) is 12.8 Å². The Balaban J connectivity index is 1.47. The van der Waals surface area contributed by atoms with Crippen molar-refractivity contribution in [2.45, 2.75) is 69.1 Å². The van der Waals surface area contributed by atoms with Crippen LogP contribution in [-0.2, 0) is 19.1 Å². The summed E-state index contributed by atoms with van der Waals surface area (Å²) in [5.41, 5.74) is -0.636. The molecule has 0 saturated carbocycles. The summed E-state index contributed by atoms with van der Waals surface area (Å²) in [5.74, 6) is -2.21. The van der Waals surface area contributed by atoms with Crippen molar-refractivity contribution in [1.82, 2.24) is 4.90 Å². The second kappa shape index (κ2) is 11.3. The van der Waals surface area contributed by atoms with Gasteiger partial charge in [-0.05, 0) is 68.5 Å². The Hall–Kier alpha value is -2.94. The Labute approximate surface area is 234 Å². The number of ether oxygens (including phenoxy) is 1. The van der Waals surface area contributed by atoms with Gasteiger partial charge in [-0.15, -0.1) is 0 Å². The Kier molecular flexibility index (Phi) is 7.99. The number of unbranched alkanes of at least 4 members (excludes halogenated alkanes) is 3. The summed E-state index contributed by atoms with van der Waals surface area (Å²) in [7, 11) is 0. The molecule has 5 atom stereocenters. The summed E-state index contributed by atoms with van der Waals surface area (Å²) in [4.78, 5) is 43.5. The first kappa shape index (κ1) is 27.6. The smallest absolute Gasteiger partial charge is 0.250 e. The number of carbonyl (C=O) groups is 3. The highest BCUT2D eigenvalue weighted by atomic mass is 35.5. The largest absolute Gasteiger partial charge is 0.396 e. The molecule has 3 aliphatic rings. The molecule has 3 heterocycles. The fraction of sp³-hybridized carbons (Fsp3) is 0.500. The van der Waals surface area contributed by atoms with Crippen molar-refractivity contribution >= 4 is 40.7 Å². The molecule has 3 saturated heterocycles. The first-order valence-electron chi connectivity index (χ1n) is 13.9. The number of halogens is 1. The SMILES string of the molecule is CC[C@]12CCC3(O1)C(C(=O)Nc1ccc(Cl)cc1)N(CCCCCCO)C(=O)[C@@H]3[C@H]2C(=O)Nc1ccccc1. The molecule has 0 aliphatic carbocycles. The number of nitrogens with one attached hydrogen (secondary N) is 2. The summed E-state index contributed by atoms with van der Waals surface area (Å²) in [5, 5.41) is 15.7. The van der Waals surface area contributed by atoms with Gasteiger partial charge in [0.05, 0.1) is 17.4 Å². The molecule has 1 spiro atoms. The van der Waals surface area contributed by atoms with Crippen LogP contribution in [0.4, 0.5) is 11.4 Å². The topological polar surface area (TPSA) is 108 Å². The maximum atomic E-state index is 14.2. The normalized spacial score (nSPS) is 28.9. The number of amides is 3. The maximum Gasteiger partial charge on any atom is 0.250 e. The molecule has 3 N–H and O–H groups in total. The zero-order valence-corrected chi connectivity index (χ0v) is 23.0. The van der Waals surface area contributed by atoms with Crippen LogP contribution in [0.1, 0.15) is 51.9 Å². The molecule has 2 aromatic rings. The molecule has 2 bridgehead atoms. The first-order chi connectivity index (χ1) is 18.8. The van der Waals surface area contributed by atoms with Crippen LogP contribution in [0.15, 0.2) is 54.6 Å². The van der Waals surface area contributed by atoms with Crippen molar-refractivity contribution < 1.29 is 24.2 Å². The summed E-state index contributed by atoms with van der Waals surface area (Å²) < 4.78 is 6.79. The number of fused-ring (bicyclic) bond motifs is 1. The predicted molar refractivity (Wildman–Crippen MR) is 149 cm³/mol. The van der Waals surface area contributed by atoms with E-state index < -0.39 is 29.1 Å². The predicted octanol–water partition coefficient (Wildman–Crippen LogP) is 4.62. The van der Waals surface area contributed by atoms with Crippen molar-refractivity contribution in [2.75, 3.05) is 23.8 Å². The van der Waals surface area contributed by atoms with Crippen LogP contribution in [-0.4, -0.2) is 58.1 Å². The summed E-state index contributed by atoms with van der Waals surface area (Å²) >= 11 is 6.03.